The Morgan fingerprint density at radius 2 is 0.957 bits per heavy atom. The zero-order valence-corrected chi connectivity index (χ0v) is 16.9. The smallest absolute Gasteiger partial charge is 0.00271 e. The Kier molecular flexibility index (Phi) is 53.5. The Hall–Kier alpha value is -1.48. The summed E-state index contributed by atoms with van der Waals surface area (Å²) >= 11 is 0. The maximum absolute atomic E-state index is 2.68. The van der Waals surface area contributed by atoms with Crippen LogP contribution in [-0.4, -0.2) is 0 Å². The molecule has 0 aliphatic rings. The Labute approximate surface area is 149 Å². The van der Waals surface area contributed by atoms with Crippen molar-refractivity contribution >= 4 is 0 Å². The first-order chi connectivity index (χ1) is 10.5. The monoisotopic (exact) mass is 320 g/mol. The van der Waals surface area contributed by atoms with Gasteiger partial charge >= 0.3 is 0 Å². The Morgan fingerprint density at radius 1 is 0.739 bits per heavy atom. The van der Waals surface area contributed by atoms with Crippen LogP contribution in [0.2, 0.25) is 0 Å². The normalized spacial score (nSPS) is 7.04. The highest BCUT2D eigenvalue weighted by Gasteiger charge is 1.79. The van der Waals surface area contributed by atoms with Gasteiger partial charge in [0.15, 0.2) is 0 Å². The van der Waals surface area contributed by atoms with Gasteiger partial charge in [0.05, 0.1) is 0 Å². The molecule has 0 fully saturated rings. The van der Waals surface area contributed by atoms with Gasteiger partial charge in [0.25, 0.3) is 0 Å². The predicted molar refractivity (Wildman–Crippen MR) is 114 cm³/mol. The van der Waals surface area contributed by atoms with Crippen molar-refractivity contribution < 1.29 is 0 Å². The van der Waals surface area contributed by atoms with Crippen LogP contribution in [0.25, 0.3) is 0 Å². The van der Waals surface area contributed by atoms with E-state index in [0.29, 0.717) is 0 Å². The third kappa shape index (κ3) is 53.0. The topological polar surface area (TPSA) is 0 Å². The first kappa shape index (κ1) is 33.2. The van der Waals surface area contributed by atoms with Gasteiger partial charge in [0, 0.05) is 0 Å². The molecule has 1 rings (SSSR count). The minimum atomic E-state index is 0. The Morgan fingerprint density at radius 3 is 1.04 bits per heavy atom. The highest BCUT2D eigenvalue weighted by molar-refractivity contribution is 5.19. The molecule has 1 aromatic rings. The average molecular weight is 321 g/mol. The number of hydrogen-bond donors (Lipinski definition) is 0. The van der Waals surface area contributed by atoms with Crippen LogP contribution in [0.4, 0.5) is 0 Å². The molecular weight excluding hydrogens is 276 g/mol. The summed E-state index contributed by atoms with van der Waals surface area (Å²) in [5.41, 5.74) is 2.66. The van der Waals surface area contributed by atoms with Crippen molar-refractivity contribution in [3.63, 3.8) is 0 Å². The number of rotatable bonds is 1. The maximum atomic E-state index is 2.68. The lowest BCUT2D eigenvalue weighted by atomic mass is 10.2. The fourth-order valence-corrected chi connectivity index (χ4v) is 0.637. The molecule has 0 atom stereocenters. The van der Waals surface area contributed by atoms with E-state index in [0.717, 1.165) is 0 Å². The van der Waals surface area contributed by atoms with E-state index in [2.05, 4.69) is 63.8 Å². The van der Waals surface area contributed by atoms with Crippen molar-refractivity contribution in [1.82, 2.24) is 0 Å². The molecule has 0 unspecified atom stereocenters. The van der Waals surface area contributed by atoms with E-state index < -0.39 is 0 Å². The van der Waals surface area contributed by atoms with Crippen molar-refractivity contribution in [3.05, 3.63) is 47.5 Å². The summed E-state index contributed by atoms with van der Waals surface area (Å²) in [5.74, 6) is 5.36. The van der Waals surface area contributed by atoms with Crippen LogP contribution >= 0.6 is 0 Å². The second kappa shape index (κ2) is 37.1. The molecule has 0 radical (unpaired) electrons. The molecule has 23 heavy (non-hydrogen) atoms. The summed E-state index contributed by atoms with van der Waals surface area (Å²) in [5, 5.41) is 0. The lowest BCUT2D eigenvalue weighted by Crippen LogP contribution is -1.70. The van der Waals surface area contributed by atoms with Gasteiger partial charge < -0.3 is 0 Å². The third-order valence-corrected chi connectivity index (χ3v) is 2.30. The molecule has 0 N–H and O–H groups in total. The summed E-state index contributed by atoms with van der Waals surface area (Å²) in [6.45, 7) is 20.2. The Balaban J connectivity index is -0.0000000633. The summed E-state index contributed by atoms with van der Waals surface area (Å²) < 4.78 is 0. The Bertz CT molecular complexity index is 311. The van der Waals surface area contributed by atoms with Gasteiger partial charge in [0.1, 0.15) is 0 Å². The average Bonchev–Trinajstić information content (AvgIpc) is 2.60. The lowest BCUT2D eigenvalue weighted by Gasteiger charge is -1.90. The molecule has 0 saturated heterocycles. The first-order valence-corrected chi connectivity index (χ1v) is 8.47. The third-order valence-electron chi connectivity index (χ3n) is 2.30. The maximum Gasteiger partial charge on any atom is -0.00271 e. The summed E-state index contributed by atoms with van der Waals surface area (Å²) in [4.78, 5) is 0. The molecule has 1 aromatic carbocycles. The second-order valence-corrected chi connectivity index (χ2v) is 4.32. The molecule has 0 bridgehead atoms. The zero-order valence-electron chi connectivity index (χ0n) is 16.9. The van der Waals surface area contributed by atoms with Crippen LogP contribution in [0.15, 0.2) is 36.4 Å². The van der Waals surface area contributed by atoms with E-state index in [1.165, 1.54) is 24.0 Å². The molecule has 0 aromatic heterocycles. The van der Waals surface area contributed by atoms with Crippen molar-refractivity contribution in [1.29, 1.82) is 0 Å². The highest BCUT2D eigenvalue weighted by Crippen LogP contribution is 1.99. The van der Waals surface area contributed by atoms with Gasteiger partial charge in [-0.3, -0.25) is 0 Å². The predicted octanol–water partition coefficient (Wildman–Crippen LogP) is 8.38. The van der Waals surface area contributed by atoms with Gasteiger partial charge in [-0.25, -0.2) is 0 Å². The summed E-state index contributed by atoms with van der Waals surface area (Å²) in [6.07, 6.45) is 6.64. The van der Waals surface area contributed by atoms with E-state index in [-0.39, 0.29) is 7.43 Å². The number of unbranched alkanes of at least 4 members (excludes halogenated alkanes) is 1. The molecule has 0 aliphatic heterocycles. The van der Waals surface area contributed by atoms with Crippen molar-refractivity contribution in [3.8, 4) is 11.8 Å². The second-order valence-electron chi connectivity index (χ2n) is 4.32. The molecule has 0 nitrogen and oxygen atoms in total. The molecule has 0 heteroatoms. The van der Waals surface area contributed by atoms with Gasteiger partial charge in [0.2, 0.25) is 0 Å². The fourth-order valence-electron chi connectivity index (χ4n) is 0.637. The van der Waals surface area contributed by atoms with Crippen LogP contribution in [0, 0.1) is 25.7 Å². The van der Waals surface area contributed by atoms with E-state index in [1.54, 1.807) is 0 Å². The van der Waals surface area contributed by atoms with Gasteiger partial charge in [-0.15, -0.1) is 11.8 Å². The van der Waals surface area contributed by atoms with Crippen LogP contribution in [0.5, 0.6) is 0 Å². The molecule has 0 amide bonds. The fraction of sp³-hybridized carbons (Fsp3) is 0.565. The SMILES string of the molecule is C.CC.CC#CC.CC=CC.CCCC.Cc1ccc(C)cc1. The van der Waals surface area contributed by atoms with Gasteiger partial charge in [-0.05, 0) is 41.5 Å². The van der Waals surface area contributed by atoms with E-state index in [1.807, 2.05) is 53.7 Å². The first-order valence-electron chi connectivity index (χ1n) is 8.47. The minimum absolute atomic E-state index is 0. The standard InChI is InChI=1S/C8H10.C4H10.C4H8.C4H6.C2H6.CH4/c1-7-3-5-8(2)6-4-7;3*1-3-4-2;1-2;/h3-6H,1-2H3;3-4H2,1-2H3;3-4H,1-2H3;1-2H3;1-2H3;1H4. The number of allylic oxidation sites excluding steroid dienone is 2. The largest absolute Gasteiger partial charge is 0.107 e. The molecule has 0 saturated carbocycles. The number of benzene rings is 1. The molecule has 0 heterocycles. The van der Waals surface area contributed by atoms with Crippen LogP contribution < -0.4 is 0 Å². The number of hydrogen-bond acceptors (Lipinski definition) is 0. The summed E-state index contributed by atoms with van der Waals surface area (Å²) in [7, 11) is 0. The highest BCUT2D eigenvalue weighted by atomic mass is 13.9. The summed E-state index contributed by atoms with van der Waals surface area (Å²) in [6, 6.07) is 8.48. The van der Waals surface area contributed by atoms with Crippen LogP contribution in [-0.2, 0) is 0 Å². The van der Waals surface area contributed by atoms with Crippen molar-refractivity contribution in [2.45, 2.75) is 89.5 Å². The minimum Gasteiger partial charge on any atom is -0.107 e. The van der Waals surface area contributed by atoms with Gasteiger partial charge in [-0.1, -0.05) is 95.5 Å². The van der Waals surface area contributed by atoms with E-state index in [9.17, 15) is 0 Å². The van der Waals surface area contributed by atoms with Crippen molar-refractivity contribution in [2.24, 2.45) is 0 Å². The molecule has 0 spiro atoms. The molecule has 0 aliphatic carbocycles. The molecular formula is C23H44. The number of aryl methyl sites for hydroxylation is 2. The zero-order chi connectivity index (χ0) is 18.2. The van der Waals surface area contributed by atoms with E-state index >= 15 is 0 Å². The van der Waals surface area contributed by atoms with Crippen molar-refractivity contribution in [2.75, 3.05) is 0 Å². The van der Waals surface area contributed by atoms with E-state index in [4.69, 9.17) is 0 Å². The van der Waals surface area contributed by atoms with Crippen LogP contribution in [0.3, 0.4) is 0 Å². The van der Waals surface area contributed by atoms with Gasteiger partial charge in [-0.2, -0.15) is 0 Å². The lowest BCUT2D eigenvalue weighted by molar-refractivity contribution is 0.886. The molecule has 136 valence electrons. The van der Waals surface area contributed by atoms with Crippen LogP contribution in [0.1, 0.15) is 86.8 Å². The quantitative estimate of drug-likeness (QED) is 0.360.